The number of anilines is 1. The van der Waals surface area contributed by atoms with E-state index in [1.165, 1.54) is 0 Å². The quantitative estimate of drug-likeness (QED) is 0.776. The van der Waals surface area contributed by atoms with Crippen molar-refractivity contribution in [2.45, 2.75) is 34.1 Å². The zero-order valence-electron chi connectivity index (χ0n) is 11.7. The lowest BCUT2D eigenvalue weighted by atomic mass is 9.92. The van der Waals surface area contributed by atoms with Gasteiger partial charge in [-0.1, -0.05) is 20.8 Å². The number of aryl methyl sites for hydroxylation is 1. The Bertz CT molecular complexity index is 674. The Labute approximate surface area is 111 Å². The number of rotatable bonds is 2. The Kier molecular flexibility index (Phi) is 3.22. The molecule has 0 saturated heterocycles. The van der Waals surface area contributed by atoms with Crippen LogP contribution >= 0.6 is 0 Å². The number of aromatic nitrogens is 2. The molecule has 0 fully saturated rings. The molecule has 0 bridgehead atoms. The highest BCUT2D eigenvalue weighted by Crippen LogP contribution is 2.23. The van der Waals surface area contributed by atoms with Crippen molar-refractivity contribution in [1.82, 2.24) is 9.97 Å². The zero-order valence-corrected chi connectivity index (χ0v) is 11.7. The number of fused-ring (bicyclic) bond motifs is 1. The van der Waals surface area contributed by atoms with Crippen LogP contribution in [0.25, 0.3) is 11.0 Å². The number of carbonyl (C=O) groups excluding carboxylic acids is 1. The normalized spacial score (nSPS) is 11.8. The number of nitrogens with one attached hydrogen (secondary N) is 3. The van der Waals surface area contributed by atoms with Gasteiger partial charge in [0.05, 0.1) is 11.0 Å². The van der Waals surface area contributed by atoms with Gasteiger partial charge in [0.25, 0.3) is 0 Å². The topological polar surface area (TPSA) is 77.8 Å². The Hall–Kier alpha value is -2.04. The van der Waals surface area contributed by atoms with Crippen molar-refractivity contribution < 1.29 is 4.79 Å². The van der Waals surface area contributed by atoms with E-state index in [1.807, 2.05) is 33.8 Å². The first kappa shape index (κ1) is 13.4. The zero-order chi connectivity index (χ0) is 14.2. The predicted octanol–water partition coefficient (Wildman–Crippen LogP) is 2.54. The first-order valence-corrected chi connectivity index (χ1v) is 6.27. The fraction of sp³-hybridized carbons (Fsp3) is 0.429. The third-order valence-electron chi connectivity index (χ3n) is 2.83. The molecule has 0 aliphatic rings. The first-order chi connectivity index (χ1) is 8.74. The minimum absolute atomic E-state index is 0.0205. The van der Waals surface area contributed by atoms with Crippen LogP contribution in [0.15, 0.2) is 16.9 Å². The van der Waals surface area contributed by atoms with Crippen molar-refractivity contribution in [2.75, 3.05) is 5.32 Å². The molecule has 0 spiro atoms. The highest BCUT2D eigenvalue weighted by Gasteiger charge is 2.16. The summed E-state index contributed by atoms with van der Waals surface area (Å²) in [6.07, 6.45) is 0.453. The molecule has 2 rings (SSSR count). The van der Waals surface area contributed by atoms with Crippen LogP contribution in [0.5, 0.6) is 0 Å². The summed E-state index contributed by atoms with van der Waals surface area (Å²) in [4.78, 5) is 28.5. The van der Waals surface area contributed by atoms with Crippen molar-refractivity contribution in [3.8, 4) is 0 Å². The molecule has 2 aromatic rings. The molecule has 1 amide bonds. The molecule has 1 heterocycles. The largest absolute Gasteiger partial charge is 0.326 e. The van der Waals surface area contributed by atoms with Gasteiger partial charge in [0.2, 0.25) is 5.91 Å². The molecule has 5 heteroatoms. The summed E-state index contributed by atoms with van der Waals surface area (Å²) in [6, 6.07) is 3.63. The lowest BCUT2D eigenvalue weighted by Gasteiger charge is -2.18. The molecule has 0 atom stereocenters. The second kappa shape index (κ2) is 4.57. The summed E-state index contributed by atoms with van der Waals surface area (Å²) in [6.45, 7) is 7.96. The number of H-pyrrole nitrogens is 2. The van der Waals surface area contributed by atoms with E-state index in [2.05, 4.69) is 15.3 Å². The van der Waals surface area contributed by atoms with E-state index in [0.717, 1.165) is 16.8 Å². The van der Waals surface area contributed by atoms with Crippen LogP contribution in [0.2, 0.25) is 0 Å². The first-order valence-electron chi connectivity index (χ1n) is 6.27. The van der Waals surface area contributed by atoms with Gasteiger partial charge in [-0.15, -0.1) is 0 Å². The monoisotopic (exact) mass is 261 g/mol. The minimum atomic E-state index is -0.243. The summed E-state index contributed by atoms with van der Waals surface area (Å²) in [7, 11) is 0. The van der Waals surface area contributed by atoms with Gasteiger partial charge >= 0.3 is 5.69 Å². The van der Waals surface area contributed by atoms with E-state index in [9.17, 15) is 9.59 Å². The minimum Gasteiger partial charge on any atom is -0.326 e. The van der Waals surface area contributed by atoms with Crippen molar-refractivity contribution in [3.05, 3.63) is 28.2 Å². The molecule has 3 N–H and O–H groups in total. The molecular formula is C14H19N3O2. The second-order valence-corrected chi connectivity index (χ2v) is 6.08. The van der Waals surface area contributed by atoms with Gasteiger partial charge in [-0.05, 0) is 30.0 Å². The smallest absolute Gasteiger partial charge is 0.323 e. The van der Waals surface area contributed by atoms with Crippen LogP contribution in [-0.2, 0) is 4.79 Å². The number of hydrogen-bond donors (Lipinski definition) is 3. The Balaban J connectivity index is 2.27. The van der Waals surface area contributed by atoms with Crippen LogP contribution in [0.1, 0.15) is 32.8 Å². The Morgan fingerprint density at radius 1 is 1.21 bits per heavy atom. The summed E-state index contributed by atoms with van der Waals surface area (Å²) in [5.74, 6) is -0.0205. The highest BCUT2D eigenvalue weighted by molar-refractivity contribution is 5.94. The number of hydrogen-bond acceptors (Lipinski definition) is 2. The van der Waals surface area contributed by atoms with E-state index in [0.29, 0.717) is 11.9 Å². The van der Waals surface area contributed by atoms with E-state index >= 15 is 0 Å². The summed E-state index contributed by atoms with van der Waals surface area (Å²) in [5.41, 5.74) is 2.80. The lowest BCUT2D eigenvalue weighted by Crippen LogP contribution is -2.20. The summed E-state index contributed by atoms with van der Waals surface area (Å²) < 4.78 is 0. The van der Waals surface area contributed by atoms with Gasteiger partial charge in [-0.3, -0.25) is 4.79 Å². The van der Waals surface area contributed by atoms with Crippen LogP contribution in [0.4, 0.5) is 5.69 Å². The van der Waals surface area contributed by atoms with Crippen molar-refractivity contribution in [1.29, 1.82) is 0 Å². The molecule has 1 aromatic carbocycles. The van der Waals surface area contributed by atoms with Gasteiger partial charge in [0.15, 0.2) is 0 Å². The Morgan fingerprint density at radius 2 is 1.79 bits per heavy atom. The second-order valence-electron chi connectivity index (χ2n) is 6.08. The van der Waals surface area contributed by atoms with Crippen LogP contribution in [0.3, 0.4) is 0 Å². The van der Waals surface area contributed by atoms with Gasteiger partial charge < -0.3 is 15.3 Å². The lowest BCUT2D eigenvalue weighted by molar-refractivity contribution is -0.117. The standard InChI is InChI=1S/C14H19N3O2/c1-8-5-10-11(17-13(19)16-10)6-9(8)15-12(18)7-14(2,3)4/h5-6H,7H2,1-4H3,(H,15,18)(H2,16,17,19). The number of carbonyl (C=O) groups is 1. The fourth-order valence-corrected chi connectivity index (χ4v) is 2.00. The van der Waals surface area contributed by atoms with Gasteiger partial charge in [0.1, 0.15) is 0 Å². The summed E-state index contributed by atoms with van der Waals surface area (Å²) >= 11 is 0. The number of imidazole rings is 1. The molecule has 1 aromatic heterocycles. The molecule has 102 valence electrons. The fourth-order valence-electron chi connectivity index (χ4n) is 2.00. The molecule has 0 saturated carbocycles. The molecule has 0 radical (unpaired) electrons. The van der Waals surface area contributed by atoms with E-state index < -0.39 is 0 Å². The number of aromatic amines is 2. The average molecular weight is 261 g/mol. The van der Waals surface area contributed by atoms with Crippen molar-refractivity contribution in [2.24, 2.45) is 5.41 Å². The van der Waals surface area contributed by atoms with Gasteiger partial charge in [0, 0.05) is 12.1 Å². The Morgan fingerprint density at radius 3 is 2.37 bits per heavy atom. The van der Waals surface area contributed by atoms with Crippen LogP contribution in [-0.4, -0.2) is 15.9 Å². The molecule has 5 nitrogen and oxygen atoms in total. The maximum absolute atomic E-state index is 11.9. The van der Waals surface area contributed by atoms with Gasteiger partial charge in [-0.25, -0.2) is 4.79 Å². The van der Waals surface area contributed by atoms with Crippen LogP contribution < -0.4 is 11.0 Å². The number of amides is 1. The number of benzene rings is 1. The molecule has 0 aliphatic carbocycles. The maximum atomic E-state index is 11.9. The summed E-state index contributed by atoms with van der Waals surface area (Å²) in [5, 5.41) is 2.89. The molecular weight excluding hydrogens is 242 g/mol. The maximum Gasteiger partial charge on any atom is 0.323 e. The molecule has 19 heavy (non-hydrogen) atoms. The average Bonchev–Trinajstić information content (AvgIpc) is 2.55. The predicted molar refractivity (Wildman–Crippen MR) is 76.4 cm³/mol. The third-order valence-corrected chi connectivity index (χ3v) is 2.83. The van der Waals surface area contributed by atoms with E-state index in [1.54, 1.807) is 6.07 Å². The van der Waals surface area contributed by atoms with Gasteiger partial charge in [-0.2, -0.15) is 0 Å². The van der Waals surface area contributed by atoms with E-state index in [-0.39, 0.29) is 17.0 Å². The van der Waals surface area contributed by atoms with Crippen molar-refractivity contribution in [3.63, 3.8) is 0 Å². The molecule has 0 aliphatic heterocycles. The molecule has 0 unspecified atom stereocenters. The van der Waals surface area contributed by atoms with Crippen molar-refractivity contribution >= 4 is 22.6 Å². The highest BCUT2D eigenvalue weighted by atomic mass is 16.1. The SMILES string of the molecule is Cc1cc2[nH]c(=O)[nH]c2cc1NC(=O)CC(C)(C)C. The third kappa shape index (κ3) is 3.24. The van der Waals surface area contributed by atoms with Crippen LogP contribution in [0, 0.1) is 12.3 Å². The van der Waals surface area contributed by atoms with E-state index in [4.69, 9.17) is 0 Å².